The summed E-state index contributed by atoms with van der Waals surface area (Å²) in [4.78, 5) is 13.8. The van der Waals surface area contributed by atoms with Crippen LogP contribution in [0.25, 0.3) is 0 Å². The van der Waals surface area contributed by atoms with Crippen LogP contribution in [0.4, 0.5) is 13.2 Å². The Bertz CT molecular complexity index is 828. The van der Waals surface area contributed by atoms with Gasteiger partial charge in [0.2, 0.25) is 5.91 Å². The summed E-state index contributed by atoms with van der Waals surface area (Å²) >= 11 is 1.58. The highest BCUT2D eigenvalue weighted by molar-refractivity contribution is 7.10. The molecular formula is C19H18F3NOS. The number of carbonyl (C=O) groups is 1. The van der Waals surface area contributed by atoms with Crippen molar-refractivity contribution in [3.63, 3.8) is 0 Å². The fraction of sp³-hybridized carbons (Fsp3) is 0.421. The maximum absolute atomic E-state index is 14.0. The van der Waals surface area contributed by atoms with E-state index in [4.69, 9.17) is 0 Å². The monoisotopic (exact) mass is 365 g/mol. The lowest BCUT2D eigenvalue weighted by atomic mass is 9.90. The van der Waals surface area contributed by atoms with Crippen molar-refractivity contribution in [3.05, 3.63) is 57.3 Å². The van der Waals surface area contributed by atoms with E-state index in [1.807, 2.05) is 18.4 Å². The van der Waals surface area contributed by atoms with Crippen molar-refractivity contribution in [2.75, 3.05) is 0 Å². The molecule has 2 aliphatic carbocycles. The minimum absolute atomic E-state index is 0.0573. The molecule has 6 heteroatoms. The summed E-state index contributed by atoms with van der Waals surface area (Å²) in [6, 6.07) is 8.53. The number of aryl methyl sites for hydroxylation is 2. The molecule has 4 rings (SSSR count). The smallest absolute Gasteiger partial charge is 0.338 e. The fourth-order valence-electron chi connectivity index (χ4n) is 3.95. The molecule has 1 heterocycles. The van der Waals surface area contributed by atoms with Gasteiger partial charge in [0.15, 0.2) is 5.54 Å². The third-order valence-corrected chi connectivity index (χ3v) is 6.58. The van der Waals surface area contributed by atoms with Crippen LogP contribution in [-0.2, 0) is 16.8 Å². The van der Waals surface area contributed by atoms with Crippen LogP contribution in [0, 0.1) is 12.8 Å². The number of benzene rings is 1. The van der Waals surface area contributed by atoms with E-state index in [1.165, 1.54) is 6.07 Å². The molecule has 0 aliphatic heterocycles. The van der Waals surface area contributed by atoms with E-state index < -0.39 is 17.6 Å². The zero-order chi connectivity index (χ0) is 17.8. The Hall–Kier alpha value is -1.82. The second-order valence-electron chi connectivity index (χ2n) is 6.97. The van der Waals surface area contributed by atoms with Crippen molar-refractivity contribution in [2.45, 2.75) is 43.8 Å². The van der Waals surface area contributed by atoms with Crippen LogP contribution >= 0.6 is 11.3 Å². The standard InChI is InChI=1S/C19H18F3NOS/c1-11-7-9-25-16(11)13-10-14(13)17(24)23-18(19(20,21)22)8-6-12-4-2-3-5-15(12)18/h2-5,7,9,13-14H,6,8,10H2,1H3,(H,23,24)/t13-,14-,18-/m1/s1. The first kappa shape index (κ1) is 16.6. The molecule has 1 N–H and O–H groups in total. The van der Waals surface area contributed by atoms with Crippen LogP contribution in [0.2, 0.25) is 0 Å². The SMILES string of the molecule is Cc1ccsc1[C@@H]1C[C@H]1C(=O)N[C@]1(C(F)(F)F)CCc2ccccc21. The number of amides is 1. The molecule has 1 amide bonds. The molecule has 0 bridgehead atoms. The van der Waals surface area contributed by atoms with E-state index in [1.54, 1.807) is 29.5 Å². The topological polar surface area (TPSA) is 29.1 Å². The maximum atomic E-state index is 14.0. The molecule has 0 unspecified atom stereocenters. The van der Waals surface area contributed by atoms with Gasteiger partial charge in [0.1, 0.15) is 0 Å². The van der Waals surface area contributed by atoms with Gasteiger partial charge in [0.25, 0.3) is 0 Å². The summed E-state index contributed by atoms with van der Waals surface area (Å²) in [7, 11) is 0. The van der Waals surface area contributed by atoms with Crippen LogP contribution in [0.5, 0.6) is 0 Å². The van der Waals surface area contributed by atoms with Gasteiger partial charge in [-0.1, -0.05) is 24.3 Å². The predicted molar refractivity (Wildman–Crippen MR) is 90.5 cm³/mol. The molecule has 0 spiro atoms. The Kier molecular flexibility index (Phi) is 3.72. The summed E-state index contributed by atoms with van der Waals surface area (Å²) in [6.45, 7) is 1.98. The van der Waals surface area contributed by atoms with Gasteiger partial charge in [-0.2, -0.15) is 13.2 Å². The minimum Gasteiger partial charge on any atom is -0.338 e. The zero-order valence-electron chi connectivity index (χ0n) is 13.7. The third kappa shape index (κ3) is 2.58. The summed E-state index contributed by atoms with van der Waals surface area (Å²) in [5.74, 6) is -0.780. The van der Waals surface area contributed by atoms with Gasteiger partial charge in [0.05, 0.1) is 0 Å². The molecule has 0 radical (unpaired) electrons. The first-order valence-corrected chi connectivity index (χ1v) is 9.22. The summed E-state index contributed by atoms with van der Waals surface area (Å²) in [5, 5.41) is 4.36. The highest BCUT2D eigenvalue weighted by atomic mass is 32.1. The predicted octanol–water partition coefficient (Wildman–Crippen LogP) is 4.68. The molecular weight excluding hydrogens is 347 g/mol. The van der Waals surface area contributed by atoms with Crippen LogP contribution in [-0.4, -0.2) is 12.1 Å². The van der Waals surface area contributed by atoms with Gasteiger partial charge in [-0.05, 0) is 54.3 Å². The van der Waals surface area contributed by atoms with E-state index in [-0.39, 0.29) is 23.8 Å². The summed E-state index contributed by atoms with van der Waals surface area (Å²) in [5.41, 5.74) is -0.276. The average molecular weight is 365 g/mol. The first-order valence-electron chi connectivity index (χ1n) is 8.34. The van der Waals surface area contributed by atoms with E-state index in [9.17, 15) is 18.0 Å². The lowest BCUT2D eigenvalue weighted by Gasteiger charge is -2.34. The van der Waals surface area contributed by atoms with Crippen molar-refractivity contribution >= 4 is 17.2 Å². The van der Waals surface area contributed by atoms with Gasteiger partial charge in [0, 0.05) is 16.7 Å². The Morgan fingerprint density at radius 3 is 2.72 bits per heavy atom. The number of thiophene rings is 1. The molecule has 2 aliphatic rings. The Morgan fingerprint density at radius 2 is 2.04 bits per heavy atom. The number of hydrogen-bond acceptors (Lipinski definition) is 2. The van der Waals surface area contributed by atoms with Gasteiger partial charge >= 0.3 is 6.18 Å². The van der Waals surface area contributed by atoms with Crippen molar-refractivity contribution < 1.29 is 18.0 Å². The average Bonchev–Trinajstić information content (AvgIpc) is 3.10. The molecule has 1 aromatic heterocycles. The number of rotatable bonds is 3. The number of nitrogens with one attached hydrogen (secondary N) is 1. The largest absolute Gasteiger partial charge is 0.415 e. The van der Waals surface area contributed by atoms with Gasteiger partial charge in [-0.3, -0.25) is 4.79 Å². The van der Waals surface area contributed by atoms with Crippen LogP contribution in [0.3, 0.4) is 0 Å². The van der Waals surface area contributed by atoms with Crippen LogP contribution in [0.15, 0.2) is 35.7 Å². The third-order valence-electron chi connectivity index (χ3n) is 5.43. The second kappa shape index (κ2) is 5.59. The van der Waals surface area contributed by atoms with Crippen molar-refractivity contribution in [1.82, 2.24) is 5.32 Å². The Morgan fingerprint density at radius 1 is 1.28 bits per heavy atom. The van der Waals surface area contributed by atoms with Crippen molar-refractivity contribution in [3.8, 4) is 0 Å². The van der Waals surface area contributed by atoms with Gasteiger partial charge in [-0.15, -0.1) is 11.3 Å². The quantitative estimate of drug-likeness (QED) is 0.841. The van der Waals surface area contributed by atoms with E-state index in [0.29, 0.717) is 18.4 Å². The number of fused-ring (bicyclic) bond motifs is 1. The molecule has 25 heavy (non-hydrogen) atoms. The zero-order valence-corrected chi connectivity index (χ0v) is 14.5. The molecule has 2 aromatic rings. The summed E-state index contributed by atoms with van der Waals surface area (Å²) < 4.78 is 41.9. The minimum atomic E-state index is -4.52. The number of hydrogen-bond donors (Lipinski definition) is 1. The summed E-state index contributed by atoms with van der Waals surface area (Å²) in [6.07, 6.45) is -3.69. The van der Waals surface area contributed by atoms with Gasteiger partial charge in [-0.25, -0.2) is 0 Å². The Labute approximate surface area is 148 Å². The van der Waals surface area contributed by atoms with Gasteiger partial charge < -0.3 is 5.32 Å². The van der Waals surface area contributed by atoms with Crippen molar-refractivity contribution in [1.29, 1.82) is 0 Å². The molecule has 1 fully saturated rings. The number of halogens is 3. The molecule has 3 atom stereocenters. The second-order valence-corrected chi connectivity index (χ2v) is 7.91. The lowest BCUT2D eigenvalue weighted by molar-refractivity contribution is -0.202. The van der Waals surface area contributed by atoms with E-state index >= 15 is 0 Å². The van der Waals surface area contributed by atoms with Crippen LogP contribution < -0.4 is 5.32 Å². The lowest BCUT2D eigenvalue weighted by Crippen LogP contribution is -2.55. The molecule has 0 saturated heterocycles. The Balaban J connectivity index is 1.60. The first-order chi connectivity index (χ1) is 11.8. The van der Waals surface area contributed by atoms with E-state index in [0.717, 1.165) is 10.4 Å². The van der Waals surface area contributed by atoms with Crippen molar-refractivity contribution in [2.24, 2.45) is 5.92 Å². The van der Waals surface area contributed by atoms with E-state index in [2.05, 4.69) is 5.32 Å². The molecule has 1 aromatic carbocycles. The fourth-order valence-corrected chi connectivity index (χ4v) is 5.06. The molecule has 132 valence electrons. The number of alkyl halides is 3. The highest BCUT2D eigenvalue weighted by Crippen LogP contribution is 2.53. The maximum Gasteiger partial charge on any atom is 0.415 e. The van der Waals surface area contributed by atoms with Crippen LogP contribution in [0.1, 0.15) is 40.3 Å². The molecule has 2 nitrogen and oxygen atoms in total. The highest BCUT2D eigenvalue weighted by Gasteiger charge is 2.61. The number of carbonyl (C=O) groups excluding carboxylic acids is 1. The molecule has 1 saturated carbocycles. The normalized spacial score (nSPS) is 27.8.